The Labute approximate surface area is 135 Å². The van der Waals surface area contributed by atoms with Crippen LogP contribution in [0.2, 0.25) is 8.67 Å². The molecule has 0 radical (unpaired) electrons. The molecule has 0 amide bonds. The molecule has 0 aliphatic rings. The van der Waals surface area contributed by atoms with Crippen LogP contribution in [-0.2, 0) is 6.54 Å². The van der Waals surface area contributed by atoms with Crippen molar-refractivity contribution < 1.29 is 4.42 Å². The van der Waals surface area contributed by atoms with Crippen molar-refractivity contribution in [3.63, 3.8) is 0 Å². The van der Waals surface area contributed by atoms with Gasteiger partial charge in [0.15, 0.2) is 0 Å². The quantitative estimate of drug-likeness (QED) is 0.653. The van der Waals surface area contributed by atoms with Gasteiger partial charge in [0, 0.05) is 16.3 Å². The van der Waals surface area contributed by atoms with Crippen molar-refractivity contribution in [3.8, 4) is 0 Å². The number of halogens is 2. The van der Waals surface area contributed by atoms with E-state index in [9.17, 15) is 0 Å². The molecule has 0 aliphatic heterocycles. The van der Waals surface area contributed by atoms with Crippen LogP contribution in [0.4, 0.5) is 0 Å². The Morgan fingerprint density at radius 3 is 2.45 bits per heavy atom. The fourth-order valence-corrected chi connectivity index (χ4v) is 4.11. The van der Waals surface area contributed by atoms with Crippen molar-refractivity contribution >= 4 is 45.9 Å². The fraction of sp³-hybridized carbons (Fsp3) is 0.143. The number of nitrogens with one attached hydrogen (secondary N) is 1. The third-order valence-electron chi connectivity index (χ3n) is 2.82. The van der Waals surface area contributed by atoms with Crippen molar-refractivity contribution in [2.45, 2.75) is 12.6 Å². The summed E-state index contributed by atoms with van der Waals surface area (Å²) in [6, 6.07) is 11.7. The monoisotopic (exact) mass is 343 g/mol. The summed E-state index contributed by atoms with van der Waals surface area (Å²) in [5, 5.41) is 3.49. The Balaban J connectivity index is 1.79. The molecule has 1 N–H and O–H groups in total. The maximum atomic E-state index is 6.03. The van der Waals surface area contributed by atoms with Gasteiger partial charge < -0.3 is 4.42 Å². The molecule has 3 aromatic heterocycles. The Hall–Kier alpha value is -0.780. The summed E-state index contributed by atoms with van der Waals surface area (Å²) in [7, 11) is 0. The number of hydrogen-bond acceptors (Lipinski definition) is 4. The molecule has 0 aromatic carbocycles. The van der Waals surface area contributed by atoms with Crippen LogP contribution in [0.5, 0.6) is 0 Å². The SMILES string of the molecule is Clc1ccc(CNC(c2ccco2)c2ccc(Cl)s2)s1. The summed E-state index contributed by atoms with van der Waals surface area (Å²) < 4.78 is 7.11. The molecule has 104 valence electrons. The molecule has 0 bridgehead atoms. The Kier molecular flexibility index (Phi) is 4.48. The molecule has 0 saturated heterocycles. The van der Waals surface area contributed by atoms with Crippen LogP contribution < -0.4 is 5.32 Å². The molecule has 0 aliphatic carbocycles. The van der Waals surface area contributed by atoms with Gasteiger partial charge in [0.2, 0.25) is 0 Å². The van der Waals surface area contributed by atoms with Crippen molar-refractivity contribution in [2.75, 3.05) is 0 Å². The molecule has 1 unspecified atom stereocenters. The predicted octanol–water partition coefficient (Wildman–Crippen LogP) is 5.59. The number of thiophene rings is 2. The summed E-state index contributed by atoms with van der Waals surface area (Å²) in [5.41, 5.74) is 0. The number of furan rings is 1. The van der Waals surface area contributed by atoms with E-state index in [-0.39, 0.29) is 6.04 Å². The van der Waals surface area contributed by atoms with Gasteiger partial charge in [-0.2, -0.15) is 0 Å². The second-order valence-corrected chi connectivity index (χ2v) is 7.72. The molecule has 3 heterocycles. The lowest BCUT2D eigenvalue weighted by atomic mass is 10.2. The van der Waals surface area contributed by atoms with Gasteiger partial charge in [-0.3, -0.25) is 5.32 Å². The molecule has 3 rings (SSSR count). The average Bonchev–Trinajstić information content (AvgIpc) is 3.13. The summed E-state index contributed by atoms with van der Waals surface area (Å²) in [6.45, 7) is 0.734. The first-order valence-corrected chi connectivity index (χ1v) is 8.37. The topological polar surface area (TPSA) is 25.2 Å². The molecule has 0 saturated carbocycles. The van der Waals surface area contributed by atoms with E-state index < -0.39 is 0 Å². The maximum absolute atomic E-state index is 6.03. The second kappa shape index (κ2) is 6.33. The van der Waals surface area contributed by atoms with Crippen molar-refractivity contribution in [3.05, 3.63) is 66.8 Å². The van der Waals surface area contributed by atoms with Gasteiger partial charge >= 0.3 is 0 Å². The molecule has 2 nitrogen and oxygen atoms in total. The lowest BCUT2D eigenvalue weighted by Crippen LogP contribution is -2.20. The fourth-order valence-electron chi connectivity index (χ4n) is 1.93. The number of hydrogen-bond donors (Lipinski definition) is 1. The van der Waals surface area contributed by atoms with Gasteiger partial charge in [-0.15, -0.1) is 22.7 Å². The first-order valence-electron chi connectivity index (χ1n) is 5.98. The lowest BCUT2D eigenvalue weighted by molar-refractivity contribution is 0.450. The van der Waals surface area contributed by atoms with E-state index >= 15 is 0 Å². The first kappa shape index (κ1) is 14.2. The summed E-state index contributed by atoms with van der Waals surface area (Å²) in [4.78, 5) is 2.32. The molecule has 0 fully saturated rings. The predicted molar refractivity (Wildman–Crippen MR) is 86.0 cm³/mol. The van der Waals surface area contributed by atoms with Crippen LogP contribution in [0, 0.1) is 0 Å². The smallest absolute Gasteiger partial charge is 0.126 e. The van der Waals surface area contributed by atoms with Gasteiger partial charge in [-0.25, -0.2) is 0 Å². The maximum Gasteiger partial charge on any atom is 0.126 e. The molecule has 3 aromatic rings. The average molecular weight is 344 g/mol. The van der Waals surface area contributed by atoms with E-state index in [1.807, 2.05) is 36.4 Å². The van der Waals surface area contributed by atoms with E-state index in [0.717, 1.165) is 25.9 Å². The zero-order chi connectivity index (χ0) is 13.9. The zero-order valence-corrected chi connectivity index (χ0v) is 13.5. The van der Waals surface area contributed by atoms with E-state index in [1.165, 1.54) is 4.88 Å². The lowest BCUT2D eigenvalue weighted by Gasteiger charge is -2.14. The summed E-state index contributed by atoms with van der Waals surface area (Å²) >= 11 is 15.1. The van der Waals surface area contributed by atoms with Gasteiger partial charge in [-0.1, -0.05) is 23.2 Å². The summed E-state index contributed by atoms with van der Waals surface area (Å²) in [6.07, 6.45) is 1.68. The molecule has 1 atom stereocenters. The zero-order valence-electron chi connectivity index (χ0n) is 10.3. The highest BCUT2D eigenvalue weighted by atomic mass is 35.5. The van der Waals surface area contributed by atoms with E-state index in [0.29, 0.717) is 0 Å². The van der Waals surface area contributed by atoms with E-state index in [4.69, 9.17) is 27.6 Å². The largest absolute Gasteiger partial charge is 0.467 e. The highest BCUT2D eigenvalue weighted by Crippen LogP contribution is 2.32. The first-order chi connectivity index (χ1) is 9.72. The Bertz CT molecular complexity index is 675. The Morgan fingerprint density at radius 2 is 1.85 bits per heavy atom. The second-order valence-electron chi connectivity index (χ2n) is 4.18. The standard InChI is InChI=1S/C14H11Cl2NOS2/c15-12-5-3-9(19-12)8-17-14(10-2-1-7-18-10)11-4-6-13(16)20-11/h1-7,14,17H,8H2. The van der Waals surface area contributed by atoms with Crippen LogP contribution >= 0.6 is 45.9 Å². The molecular weight excluding hydrogens is 333 g/mol. The summed E-state index contributed by atoms with van der Waals surface area (Å²) in [5.74, 6) is 0.881. The van der Waals surface area contributed by atoms with Gasteiger partial charge in [0.1, 0.15) is 11.8 Å². The molecule has 20 heavy (non-hydrogen) atoms. The Morgan fingerprint density at radius 1 is 1.05 bits per heavy atom. The van der Waals surface area contributed by atoms with Crippen molar-refractivity contribution in [1.29, 1.82) is 0 Å². The van der Waals surface area contributed by atoms with E-state index in [2.05, 4.69) is 5.32 Å². The highest BCUT2D eigenvalue weighted by Gasteiger charge is 2.18. The third kappa shape index (κ3) is 3.27. The normalized spacial score (nSPS) is 12.7. The minimum Gasteiger partial charge on any atom is -0.467 e. The minimum absolute atomic E-state index is 0.00313. The van der Waals surface area contributed by atoms with Crippen LogP contribution in [0.1, 0.15) is 21.6 Å². The molecule has 6 heteroatoms. The number of rotatable bonds is 5. The van der Waals surface area contributed by atoms with Crippen molar-refractivity contribution in [2.24, 2.45) is 0 Å². The van der Waals surface area contributed by atoms with Gasteiger partial charge in [0.25, 0.3) is 0 Å². The van der Waals surface area contributed by atoms with Crippen molar-refractivity contribution in [1.82, 2.24) is 5.32 Å². The highest BCUT2D eigenvalue weighted by molar-refractivity contribution is 7.16. The third-order valence-corrected chi connectivity index (χ3v) is 5.34. The van der Waals surface area contributed by atoms with Crippen LogP contribution in [0.25, 0.3) is 0 Å². The van der Waals surface area contributed by atoms with E-state index in [1.54, 1.807) is 28.9 Å². The van der Waals surface area contributed by atoms with Crippen LogP contribution in [0.15, 0.2) is 47.1 Å². The van der Waals surface area contributed by atoms with Crippen LogP contribution in [0.3, 0.4) is 0 Å². The van der Waals surface area contributed by atoms with Crippen LogP contribution in [-0.4, -0.2) is 0 Å². The molecular formula is C14H11Cl2NOS2. The van der Waals surface area contributed by atoms with Gasteiger partial charge in [-0.05, 0) is 36.4 Å². The minimum atomic E-state index is 0.00313. The molecule has 0 spiro atoms. The van der Waals surface area contributed by atoms with Gasteiger partial charge in [0.05, 0.1) is 14.9 Å².